The molecule has 1 N–H and O–H groups in total. The highest BCUT2D eigenvalue weighted by atomic mass is 32.2. The van der Waals surface area contributed by atoms with Gasteiger partial charge in [0.25, 0.3) is 0 Å². The van der Waals surface area contributed by atoms with Crippen LogP contribution in [0.5, 0.6) is 0 Å². The van der Waals surface area contributed by atoms with Gasteiger partial charge in [0, 0.05) is 11.4 Å². The summed E-state index contributed by atoms with van der Waals surface area (Å²) in [7, 11) is 0. The van der Waals surface area contributed by atoms with Crippen molar-refractivity contribution < 1.29 is 0 Å². The standard InChI is InChI=1S/C15H21N3S2/c1-10(2)8-16-9-13-7-11(3)5-6-14(13)19-15-17-12(4)18-20-15/h5-7,10,16H,8-9H2,1-4H3. The van der Waals surface area contributed by atoms with E-state index in [0.29, 0.717) is 5.92 Å². The molecule has 0 bridgehead atoms. The maximum absolute atomic E-state index is 4.43. The van der Waals surface area contributed by atoms with Crippen LogP contribution in [0.4, 0.5) is 0 Å². The molecule has 0 unspecified atom stereocenters. The molecule has 5 heteroatoms. The fourth-order valence-electron chi connectivity index (χ4n) is 1.86. The Hall–Kier alpha value is -0.910. The van der Waals surface area contributed by atoms with Crippen molar-refractivity contribution in [3.05, 3.63) is 35.2 Å². The molecular weight excluding hydrogens is 286 g/mol. The van der Waals surface area contributed by atoms with Gasteiger partial charge in [0.2, 0.25) is 0 Å². The third-order valence-electron chi connectivity index (χ3n) is 2.79. The summed E-state index contributed by atoms with van der Waals surface area (Å²) >= 11 is 3.17. The number of benzene rings is 1. The van der Waals surface area contributed by atoms with Gasteiger partial charge in [0.05, 0.1) is 0 Å². The van der Waals surface area contributed by atoms with Crippen molar-refractivity contribution in [3.8, 4) is 0 Å². The Bertz CT molecular complexity index is 564. The van der Waals surface area contributed by atoms with Gasteiger partial charge in [-0.15, -0.1) is 0 Å². The molecule has 0 fully saturated rings. The molecule has 1 aromatic carbocycles. The number of aryl methyl sites for hydroxylation is 2. The van der Waals surface area contributed by atoms with Crippen molar-refractivity contribution in [1.29, 1.82) is 0 Å². The molecule has 0 saturated carbocycles. The maximum Gasteiger partial charge on any atom is 0.174 e. The predicted molar refractivity (Wildman–Crippen MR) is 86.5 cm³/mol. The first-order valence-corrected chi connectivity index (χ1v) is 8.42. The topological polar surface area (TPSA) is 37.8 Å². The van der Waals surface area contributed by atoms with Crippen LogP contribution < -0.4 is 5.32 Å². The van der Waals surface area contributed by atoms with Crippen molar-refractivity contribution in [2.24, 2.45) is 5.92 Å². The minimum Gasteiger partial charge on any atom is -0.312 e. The van der Waals surface area contributed by atoms with E-state index in [2.05, 4.69) is 53.6 Å². The van der Waals surface area contributed by atoms with Crippen LogP contribution in [0.2, 0.25) is 0 Å². The summed E-state index contributed by atoms with van der Waals surface area (Å²) in [5.74, 6) is 1.52. The van der Waals surface area contributed by atoms with E-state index in [-0.39, 0.29) is 0 Å². The molecule has 108 valence electrons. The van der Waals surface area contributed by atoms with Crippen molar-refractivity contribution in [3.63, 3.8) is 0 Å². The quantitative estimate of drug-likeness (QED) is 0.873. The molecule has 0 atom stereocenters. The van der Waals surface area contributed by atoms with Gasteiger partial charge in [-0.1, -0.05) is 43.3 Å². The molecule has 0 aliphatic heterocycles. The van der Waals surface area contributed by atoms with E-state index < -0.39 is 0 Å². The summed E-state index contributed by atoms with van der Waals surface area (Å²) in [5, 5.41) is 3.51. The summed E-state index contributed by atoms with van der Waals surface area (Å²) in [6, 6.07) is 6.59. The van der Waals surface area contributed by atoms with Crippen molar-refractivity contribution in [2.75, 3.05) is 6.54 Å². The van der Waals surface area contributed by atoms with E-state index in [1.165, 1.54) is 27.6 Å². The third-order valence-corrected chi connectivity index (χ3v) is 4.75. The van der Waals surface area contributed by atoms with Gasteiger partial charge in [-0.25, -0.2) is 4.98 Å². The molecule has 0 aliphatic carbocycles. The van der Waals surface area contributed by atoms with Crippen LogP contribution in [-0.4, -0.2) is 15.9 Å². The minimum atomic E-state index is 0.668. The second kappa shape index (κ2) is 7.20. The average molecular weight is 307 g/mol. The number of aromatic nitrogens is 2. The zero-order chi connectivity index (χ0) is 14.5. The van der Waals surface area contributed by atoms with Gasteiger partial charge in [-0.3, -0.25) is 0 Å². The average Bonchev–Trinajstić information content (AvgIpc) is 2.78. The fourth-order valence-corrected chi connectivity index (χ4v) is 3.57. The van der Waals surface area contributed by atoms with E-state index in [0.717, 1.165) is 23.3 Å². The lowest BCUT2D eigenvalue weighted by Crippen LogP contribution is -2.19. The zero-order valence-corrected chi connectivity index (χ0v) is 14.1. The highest BCUT2D eigenvalue weighted by Crippen LogP contribution is 2.32. The van der Waals surface area contributed by atoms with Gasteiger partial charge in [-0.05, 0) is 49.5 Å². The molecule has 1 heterocycles. The minimum absolute atomic E-state index is 0.668. The predicted octanol–water partition coefficient (Wildman–Crippen LogP) is 4.05. The lowest BCUT2D eigenvalue weighted by molar-refractivity contribution is 0.550. The van der Waals surface area contributed by atoms with E-state index >= 15 is 0 Å². The number of nitrogens with one attached hydrogen (secondary N) is 1. The lowest BCUT2D eigenvalue weighted by Gasteiger charge is -2.11. The van der Waals surface area contributed by atoms with Gasteiger partial charge in [0.1, 0.15) is 5.82 Å². The molecule has 0 spiro atoms. The van der Waals surface area contributed by atoms with E-state index in [1.807, 2.05) is 6.92 Å². The van der Waals surface area contributed by atoms with E-state index in [4.69, 9.17) is 0 Å². The first-order chi connectivity index (χ1) is 9.54. The highest BCUT2D eigenvalue weighted by molar-refractivity contribution is 8.01. The van der Waals surface area contributed by atoms with Crippen molar-refractivity contribution >= 4 is 23.3 Å². The number of nitrogens with zero attached hydrogens (tertiary/aromatic N) is 2. The van der Waals surface area contributed by atoms with Crippen LogP contribution >= 0.6 is 23.3 Å². The molecule has 0 aliphatic rings. The number of hydrogen-bond acceptors (Lipinski definition) is 5. The Morgan fingerprint density at radius 1 is 1.30 bits per heavy atom. The van der Waals surface area contributed by atoms with E-state index in [1.54, 1.807) is 11.8 Å². The Kier molecular flexibility index (Phi) is 5.57. The Balaban J connectivity index is 2.10. The molecule has 0 saturated heterocycles. The maximum atomic E-state index is 4.43. The first kappa shape index (κ1) is 15.5. The highest BCUT2D eigenvalue weighted by Gasteiger charge is 2.08. The van der Waals surface area contributed by atoms with Crippen LogP contribution in [0.25, 0.3) is 0 Å². The van der Waals surface area contributed by atoms with Crippen LogP contribution in [-0.2, 0) is 6.54 Å². The Morgan fingerprint density at radius 2 is 2.10 bits per heavy atom. The molecule has 2 rings (SSSR count). The van der Waals surface area contributed by atoms with Crippen LogP contribution in [0.3, 0.4) is 0 Å². The number of rotatable bonds is 6. The van der Waals surface area contributed by atoms with Crippen LogP contribution in [0, 0.1) is 19.8 Å². The smallest absolute Gasteiger partial charge is 0.174 e. The third kappa shape index (κ3) is 4.58. The Morgan fingerprint density at radius 3 is 2.75 bits per heavy atom. The summed E-state index contributed by atoms with van der Waals surface area (Å²) in [6.45, 7) is 10.5. The zero-order valence-electron chi connectivity index (χ0n) is 12.4. The normalized spacial score (nSPS) is 11.2. The fraction of sp³-hybridized carbons (Fsp3) is 0.467. The van der Waals surface area contributed by atoms with Gasteiger partial charge in [-0.2, -0.15) is 4.37 Å². The molecule has 1 aromatic heterocycles. The van der Waals surface area contributed by atoms with Crippen molar-refractivity contribution in [2.45, 2.75) is 43.5 Å². The first-order valence-electron chi connectivity index (χ1n) is 6.83. The molecule has 20 heavy (non-hydrogen) atoms. The SMILES string of the molecule is Cc1ccc(Sc2nc(C)ns2)c(CNCC(C)C)c1. The van der Waals surface area contributed by atoms with Gasteiger partial charge >= 0.3 is 0 Å². The van der Waals surface area contributed by atoms with Gasteiger partial charge in [0.15, 0.2) is 4.34 Å². The second-order valence-electron chi connectivity index (χ2n) is 5.35. The number of hydrogen-bond donors (Lipinski definition) is 1. The molecule has 2 aromatic rings. The summed E-state index contributed by atoms with van der Waals surface area (Å²) < 4.78 is 5.25. The van der Waals surface area contributed by atoms with E-state index in [9.17, 15) is 0 Å². The van der Waals surface area contributed by atoms with Crippen LogP contribution in [0.1, 0.15) is 30.8 Å². The van der Waals surface area contributed by atoms with Crippen molar-refractivity contribution in [1.82, 2.24) is 14.7 Å². The van der Waals surface area contributed by atoms with Crippen LogP contribution in [0.15, 0.2) is 27.4 Å². The molecular formula is C15H21N3S2. The second-order valence-corrected chi connectivity index (χ2v) is 7.39. The van der Waals surface area contributed by atoms with Gasteiger partial charge < -0.3 is 5.32 Å². The molecule has 3 nitrogen and oxygen atoms in total. The monoisotopic (exact) mass is 307 g/mol. The molecule has 0 amide bonds. The lowest BCUT2D eigenvalue weighted by atomic mass is 10.1. The summed E-state index contributed by atoms with van der Waals surface area (Å²) in [6.07, 6.45) is 0. The molecule has 0 radical (unpaired) electrons. The largest absolute Gasteiger partial charge is 0.312 e. The summed E-state index contributed by atoms with van der Waals surface area (Å²) in [4.78, 5) is 5.69. The Labute approximate surface area is 129 Å². The summed E-state index contributed by atoms with van der Waals surface area (Å²) in [5.41, 5.74) is 2.63.